The van der Waals surface area contributed by atoms with Crippen LogP contribution in [0, 0.1) is 0 Å². The van der Waals surface area contributed by atoms with Gasteiger partial charge in [0.05, 0.1) is 0 Å². The average Bonchev–Trinajstić information content (AvgIpc) is 2.65. The summed E-state index contributed by atoms with van der Waals surface area (Å²) in [6, 6.07) is 16.4. The van der Waals surface area contributed by atoms with E-state index in [1.807, 2.05) is 24.3 Å². The molecule has 0 aromatic heterocycles. The molecule has 0 aliphatic carbocycles. The third-order valence-corrected chi connectivity index (χ3v) is 5.62. The van der Waals surface area contributed by atoms with Gasteiger partial charge in [0.25, 0.3) is 0 Å². The molecular formula is C15H13ClOSe. The van der Waals surface area contributed by atoms with Gasteiger partial charge in [-0.1, -0.05) is 0 Å². The third kappa shape index (κ3) is 2.42. The molecule has 0 bridgehead atoms. The van der Waals surface area contributed by atoms with Crippen molar-refractivity contribution < 1.29 is 4.74 Å². The molecule has 2 aromatic carbocycles. The van der Waals surface area contributed by atoms with Gasteiger partial charge in [0.2, 0.25) is 0 Å². The van der Waals surface area contributed by atoms with E-state index < -0.39 is 0 Å². The van der Waals surface area contributed by atoms with E-state index in [4.69, 9.17) is 16.3 Å². The van der Waals surface area contributed by atoms with Gasteiger partial charge in [-0.15, -0.1) is 0 Å². The van der Waals surface area contributed by atoms with Crippen molar-refractivity contribution in [3.8, 4) is 5.75 Å². The second-order valence-corrected chi connectivity index (χ2v) is 8.25. The summed E-state index contributed by atoms with van der Waals surface area (Å²) in [7, 11) is 0. The van der Waals surface area contributed by atoms with Crippen LogP contribution in [0.25, 0.3) is 0 Å². The number of fused-ring (bicyclic) bond motifs is 1. The molecule has 0 amide bonds. The van der Waals surface area contributed by atoms with Crippen molar-refractivity contribution >= 4 is 31.0 Å². The molecule has 1 aliphatic rings. The normalized spacial score (nSPS) is 21.4. The van der Waals surface area contributed by atoms with Gasteiger partial charge in [-0.05, 0) is 0 Å². The second-order valence-electron chi connectivity index (χ2n) is 4.58. The first-order valence-corrected chi connectivity index (χ1v) is 7.95. The van der Waals surface area contributed by atoms with Crippen molar-refractivity contribution in [1.29, 1.82) is 0 Å². The summed E-state index contributed by atoms with van der Waals surface area (Å²) in [5, 5.41) is 0.786. The maximum atomic E-state index is 6.12. The zero-order chi connectivity index (χ0) is 12.6. The van der Waals surface area contributed by atoms with E-state index in [9.17, 15) is 0 Å². The Balaban J connectivity index is 1.83. The molecule has 0 saturated heterocycles. The van der Waals surface area contributed by atoms with Crippen LogP contribution in [0.15, 0.2) is 48.5 Å². The van der Waals surface area contributed by atoms with Gasteiger partial charge in [0, 0.05) is 0 Å². The molecule has 2 aromatic rings. The van der Waals surface area contributed by atoms with E-state index in [1.165, 1.54) is 10.0 Å². The molecule has 92 valence electrons. The molecule has 3 heteroatoms. The van der Waals surface area contributed by atoms with Crippen molar-refractivity contribution in [3.63, 3.8) is 0 Å². The average molecular weight is 324 g/mol. The van der Waals surface area contributed by atoms with Crippen molar-refractivity contribution in [1.82, 2.24) is 0 Å². The standard InChI is InChI=1S/C15H13ClOSe/c1-15(18-13-5-3-2-4-6-13)10-11-9-12(16)7-8-14(11)17-15/h2-9H,10H2,1H3. The van der Waals surface area contributed by atoms with Gasteiger partial charge in [0.1, 0.15) is 0 Å². The van der Waals surface area contributed by atoms with E-state index in [0.717, 1.165) is 17.2 Å². The summed E-state index contributed by atoms with van der Waals surface area (Å²) >= 11 is 6.32. The molecule has 0 saturated carbocycles. The fourth-order valence-electron chi connectivity index (χ4n) is 2.20. The summed E-state index contributed by atoms with van der Waals surface area (Å²) in [5.41, 5.74) is 1.22. The Kier molecular flexibility index (Phi) is 3.11. The van der Waals surface area contributed by atoms with E-state index >= 15 is 0 Å². The zero-order valence-electron chi connectivity index (χ0n) is 10.0. The van der Waals surface area contributed by atoms with Crippen molar-refractivity contribution in [2.75, 3.05) is 0 Å². The van der Waals surface area contributed by atoms with Crippen LogP contribution in [0.3, 0.4) is 0 Å². The third-order valence-electron chi connectivity index (χ3n) is 2.94. The number of halogens is 1. The molecule has 18 heavy (non-hydrogen) atoms. The van der Waals surface area contributed by atoms with Gasteiger partial charge in [-0.3, -0.25) is 0 Å². The van der Waals surface area contributed by atoms with E-state index in [1.54, 1.807) is 0 Å². The molecule has 1 nitrogen and oxygen atoms in total. The van der Waals surface area contributed by atoms with Gasteiger partial charge >= 0.3 is 118 Å². The van der Waals surface area contributed by atoms with Gasteiger partial charge in [-0.2, -0.15) is 0 Å². The Morgan fingerprint density at radius 2 is 1.94 bits per heavy atom. The molecule has 1 heterocycles. The summed E-state index contributed by atoms with van der Waals surface area (Å²) in [5.74, 6) is 0.986. The van der Waals surface area contributed by atoms with Crippen LogP contribution >= 0.6 is 11.6 Å². The van der Waals surface area contributed by atoms with Crippen LogP contribution in [-0.2, 0) is 6.42 Å². The predicted octanol–water partition coefficient (Wildman–Crippen LogP) is 3.02. The molecule has 0 fully saturated rings. The maximum absolute atomic E-state index is 6.12. The first-order chi connectivity index (χ1) is 8.65. The summed E-state index contributed by atoms with van der Waals surface area (Å²) in [6.45, 7) is 2.19. The van der Waals surface area contributed by atoms with Gasteiger partial charge in [0.15, 0.2) is 0 Å². The molecule has 1 unspecified atom stereocenters. The van der Waals surface area contributed by atoms with Gasteiger partial charge < -0.3 is 0 Å². The minimum atomic E-state index is -0.0959. The van der Waals surface area contributed by atoms with Crippen LogP contribution in [0.4, 0.5) is 0 Å². The SMILES string of the molecule is CC1([Se]c2ccccc2)Cc2cc(Cl)ccc2O1. The van der Waals surface area contributed by atoms with Crippen molar-refractivity contribution in [2.24, 2.45) is 0 Å². The summed E-state index contributed by atoms with van der Waals surface area (Å²) in [4.78, 5) is 0. The molecule has 1 atom stereocenters. The Hall–Kier alpha value is -0.951. The number of rotatable bonds is 2. The summed E-state index contributed by atoms with van der Waals surface area (Å²) in [6.07, 6.45) is 0.942. The van der Waals surface area contributed by atoms with E-state index in [0.29, 0.717) is 15.0 Å². The van der Waals surface area contributed by atoms with Crippen molar-refractivity contribution in [2.45, 2.75) is 17.8 Å². The molecule has 3 rings (SSSR count). The van der Waals surface area contributed by atoms with Crippen LogP contribution in [0.1, 0.15) is 12.5 Å². The Bertz CT molecular complexity index is 570. The molecular weight excluding hydrogens is 311 g/mol. The first kappa shape index (κ1) is 12.1. The first-order valence-electron chi connectivity index (χ1n) is 5.86. The van der Waals surface area contributed by atoms with Gasteiger partial charge in [-0.25, -0.2) is 0 Å². The summed E-state index contributed by atoms with van der Waals surface area (Å²) < 4.78 is 7.39. The van der Waals surface area contributed by atoms with Crippen LogP contribution < -0.4 is 9.20 Å². The quantitative estimate of drug-likeness (QED) is 0.772. The molecule has 0 spiro atoms. The Morgan fingerprint density at radius 1 is 1.17 bits per heavy atom. The monoisotopic (exact) mass is 324 g/mol. The number of ether oxygens (including phenoxy) is 1. The van der Waals surface area contributed by atoms with Crippen LogP contribution in [0.5, 0.6) is 5.75 Å². The number of hydrogen-bond donors (Lipinski definition) is 0. The van der Waals surface area contributed by atoms with E-state index in [-0.39, 0.29) is 4.50 Å². The predicted molar refractivity (Wildman–Crippen MR) is 76.0 cm³/mol. The second kappa shape index (κ2) is 4.62. The van der Waals surface area contributed by atoms with Crippen LogP contribution in [0.2, 0.25) is 5.02 Å². The fourth-order valence-corrected chi connectivity index (χ4v) is 4.80. The Morgan fingerprint density at radius 3 is 2.72 bits per heavy atom. The van der Waals surface area contributed by atoms with Crippen molar-refractivity contribution in [3.05, 3.63) is 59.1 Å². The minimum absolute atomic E-state index is 0.0959. The Labute approximate surface area is 118 Å². The molecule has 0 radical (unpaired) electrons. The van der Waals surface area contributed by atoms with E-state index in [2.05, 4.69) is 31.2 Å². The fraction of sp³-hybridized carbons (Fsp3) is 0.200. The number of benzene rings is 2. The molecule has 0 N–H and O–H groups in total. The topological polar surface area (TPSA) is 9.23 Å². The number of hydrogen-bond acceptors (Lipinski definition) is 1. The molecule has 1 aliphatic heterocycles. The van der Waals surface area contributed by atoms with Crippen LogP contribution in [-0.4, -0.2) is 19.5 Å². The zero-order valence-corrected chi connectivity index (χ0v) is 12.5.